The van der Waals surface area contributed by atoms with Crippen molar-refractivity contribution < 1.29 is 9.90 Å². The van der Waals surface area contributed by atoms with Gasteiger partial charge < -0.3 is 10.4 Å². The highest BCUT2D eigenvalue weighted by Gasteiger charge is 2.13. The fraction of sp³-hybridized carbons (Fsp3) is 0.0588. The van der Waals surface area contributed by atoms with Crippen LogP contribution in [0, 0.1) is 6.92 Å². The molecule has 0 aliphatic rings. The van der Waals surface area contributed by atoms with Crippen LogP contribution in [-0.4, -0.2) is 16.0 Å². The molecule has 0 fully saturated rings. The summed E-state index contributed by atoms with van der Waals surface area (Å²) in [7, 11) is 0. The van der Waals surface area contributed by atoms with Crippen molar-refractivity contribution in [3.8, 4) is 5.75 Å². The van der Waals surface area contributed by atoms with Crippen LogP contribution in [0.5, 0.6) is 5.75 Å². The van der Waals surface area contributed by atoms with Gasteiger partial charge in [-0.25, -0.2) is 0 Å². The number of carbonyl (C=O) groups is 1. The first-order valence-corrected chi connectivity index (χ1v) is 6.60. The number of phenols is 1. The highest BCUT2D eigenvalue weighted by molar-refractivity contribution is 6.11. The lowest BCUT2D eigenvalue weighted by Gasteiger charge is -2.10. The molecule has 21 heavy (non-hydrogen) atoms. The van der Waals surface area contributed by atoms with E-state index in [0.29, 0.717) is 16.9 Å². The zero-order chi connectivity index (χ0) is 14.8. The van der Waals surface area contributed by atoms with Crippen molar-refractivity contribution in [3.63, 3.8) is 0 Å². The van der Waals surface area contributed by atoms with Crippen molar-refractivity contribution in [3.05, 3.63) is 66.0 Å². The molecule has 0 saturated heterocycles. The minimum Gasteiger partial charge on any atom is -0.508 e. The van der Waals surface area contributed by atoms with Crippen LogP contribution in [0.4, 0.5) is 5.69 Å². The minimum absolute atomic E-state index is 0.152. The second kappa shape index (κ2) is 5.25. The summed E-state index contributed by atoms with van der Waals surface area (Å²) in [6, 6.07) is 14.5. The van der Waals surface area contributed by atoms with E-state index in [0.717, 1.165) is 10.8 Å². The molecule has 2 N–H and O–H groups in total. The van der Waals surface area contributed by atoms with E-state index in [1.807, 2.05) is 30.3 Å². The van der Waals surface area contributed by atoms with E-state index in [9.17, 15) is 9.90 Å². The summed E-state index contributed by atoms with van der Waals surface area (Å²) in [6.07, 6.45) is 1.62. The maximum absolute atomic E-state index is 12.4. The molecule has 4 heteroatoms. The van der Waals surface area contributed by atoms with E-state index in [4.69, 9.17) is 0 Å². The van der Waals surface area contributed by atoms with Gasteiger partial charge in [0.1, 0.15) is 11.4 Å². The molecule has 0 spiro atoms. The monoisotopic (exact) mass is 278 g/mol. The summed E-state index contributed by atoms with van der Waals surface area (Å²) >= 11 is 0. The van der Waals surface area contributed by atoms with E-state index >= 15 is 0 Å². The first kappa shape index (κ1) is 13.1. The molecule has 1 amide bonds. The number of benzene rings is 2. The van der Waals surface area contributed by atoms with Gasteiger partial charge in [0.25, 0.3) is 5.91 Å². The second-order valence-electron chi connectivity index (χ2n) is 4.78. The molecular weight excluding hydrogens is 264 g/mol. The summed E-state index contributed by atoms with van der Waals surface area (Å²) in [5, 5.41) is 14.3. The number of rotatable bonds is 2. The highest BCUT2D eigenvalue weighted by Crippen LogP contribution is 2.25. The Bertz CT molecular complexity index is 823. The molecule has 0 bridgehead atoms. The van der Waals surface area contributed by atoms with Gasteiger partial charge in [-0.05, 0) is 30.5 Å². The maximum atomic E-state index is 12.4. The smallest absolute Gasteiger partial charge is 0.274 e. The van der Waals surface area contributed by atoms with Gasteiger partial charge >= 0.3 is 0 Å². The summed E-state index contributed by atoms with van der Waals surface area (Å²) in [6.45, 7) is 1.75. The quantitative estimate of drug-likeness (QED) is 0.754. The SMILES string of the molecule is Cc1c(O)cccc1NC(=O)c1nccc2ccccc12. The fourth-order valence-electron chi connectivity index (χ4n) is 2.24. The molecule has 0 aliphatic heterocycles. The highest BCUT2D eigenvalue weighted by atomic mass is 16.3. The molecule has 2 aromatic carbocycles. The third-order valence-corrected chi connectivity index (χ3v) is 3.44. The molecule has 0 aliphatic carbocycles. The number of hydrogen-bond donors (Lipinski definition) is 2. The Labute approximate surface area is 122 Å². The zero-order valence-corrected chi connectivity index (χ0v) is 11.5. The Morgan fingerprint density at radius 3 is 2.76 bits per heavy atom. The van der Waals surface area contributed by atoms with Crippen LogP contribution in [0.2, 0.25) is 0 Å². The van der Waals surface area contributed by atoms with Gasteiger partial charge in [0.05, 0.1) is 0 Å². The fourth-order valence-corrected chi connectivity index (χ4v) is 2.24. The number of amides is 1. The number of aromatic hydroxyl groups is 1. The third-order valence-electron chi connectivity index (χ3n) is 3.44. The van der Waals surface area contributed by atoms with Crippen molar-refractivity contribution in [2.24, 2.45) is 0 Å². The molecule has 1 aromatic heterocycles. The first-order chi connectivity index (χ1) is 10.2. The minimum atomic E-state index is -0.291. The van der Waals surface area contributed by atoms with Crippen LogP contribution in [0.3, 0.4) is 0 Å². The number of nitrogens with one attached hydrogen (secondary N) is 1. The maximum Gasteiger partial charge on any atom is 0.274 e. The number of fused-ring (bicyclic) bond motifs is 1. The van der Waals surface area contributed by atoms with E-state index in [2.05, 4.69) is 10.3 Å². The van der Waals surface area contributed by atoms with Crippen LogP contribution in [0.15, 0.2) is 54.7 Å². The standard InChI is InChI=1S/C17H14N2O2/c1-11-14(7-4-8-15(11)20)19-17(21)16-13-6-3-2-5-12(13)9-10-18-16/h2-10,20H,1H3,(H,19,21). The number of aromatic nitrogens is 1. The van der Waals surface area contributed by atoms with Crippen LogP contribution < -0.4 is 5.32 Å². The van der Waals surface area contributed by atoms with Crippen LogP contribution in [0.25, 0.3) is 10.8 Å². The Morgan fingerprint density at radius 2 is 1.90 bits per heavy atom. The van der Waals surface area contributed by atoms with E-state index in [1.54, 1.807) is 31.3 Å². The van der Waals surface area contributed by atoms with Gasteiger partial charge in [-0.3, -0.25) is 9.78 Å². The number of carbonyl (C=O) groups excluding carboxylic acids is 1. The summed E-state index contributed by atoms with van der Waals surface area (Å²) < 4.78 is 0. The molecule has 0 atom stereocenters. The Morgan fingerprint density at radius 1 is 1.10 bits per heavy atom. The van der Waals surface area contributed by atoms with Crippen molar-refractivity contribution in [2.75, 3.05) is 5.32 Å². The second-order valence-corrected chi connectivity index (χ2v) is 4.78. The number of phenolic OH excluding ortho intramolecular Hbond substituents is 1. The van der Waals surface area contributed by atoms with Gasteiger partial charge in [-0.2, -0.15) is 0 Å². The van der Waals surface area contributed by atoms with Gasteiger partial charge in [0.2, 0.25) is 0 Å². The van der Waals surface area contributed by atoms with Crippen molar-refractivity contribution in [2.45, 2.75) is 6.92 Å². The predicted molar refractivity (Wildman–Crippen MR) is 82.5 cm³/mol. The van der Waals surface area contributed by atoms with Crippen LogP contribution in [-0.2, 0) is 0 Å². The lowest BCUT2D eigenvalue weighted by atomic mass is 10.1. The Balaban J connectivity index is 2.00. The molecule has 0 saturated carbocycles. The largest absolute Gasteiger partial charge is 0.508 e. The van der Waals surface area contributed by atoms with Crippen molar-refractivity contribution >= 4 is 22.4 Å². The average Bonchev–Trinajstić information content (AvgIpc) is 2.51. The molecule has 1 heterocycles. The number of pyridine rings is 1. The van der Waals surface area contributed by atoms with Crippen LogP contribution >= 0.6 is 0 Å². The molecule has 3 rings (SSSR count). The lowest BCUT2D eigenvalue weighted by Crippen LogP contribution is -2.14. The zero-order valence-electron chi connectivity index (χ0n) is 11.5. The Hall–Kier alpha value is -2.88. The summed E-state index contributed by atoms with van der Waals surface area (Å²) in [5.41, 5.74) is 1.58. The molecular formula is C17H14N2O2. The van der Waals surface area contributed by atoms with E-state index in [1.165, 1.54) is 0 Å². The van der Waals surface area contributed by atoms with Gasteiger partial charge in [0.15, 0.2) is 0 Å². The number of nitrogens with zero attached hydrogens (tertiary/aromatic N) is 1. The molecule has 0 unspecified atom stereocenters. The predicted octanol–water partition coefficient (Wildman–Crippen LogP) is 3.50. The normalized spacial score (nSPS) is 10.5. The van der Waals surface area contributed by atoms with E-state index in [-0.39, 0.29) is 11.7 Å². The van der Waals surface area contributed by atoms with Gasteiger partial charge in [0, 0.05) is 22.8 Å². The van der Waals surface area contributed by atoms with Crippen LogP contribution in [0.1, 0.15) is 16.1 Å². The first-order valence-electron chi connectivity index (χ1n) is 6.60. The summed E-state index contributed by atoms with van der Waals surface area (Å²) in [5.74, 6) is -0.140. The molecule has 3 aromatic rings. The average molecular weight is 278 g/mol. The molecule has 0 radical (unpaired) electrons. The topological polar surface area (TPSA) is 62.2 Å². The number of hydrogen-bond acceptors (Lipinski definition) is 3. The van der Waals surface area contributed by atoms with Crippen molar-refractivity contribution in [1.82, 2.24) is 4.98 Å². The van der Waals surface area contributed by atoms with E-state index < -0.39 is 0 Å². The van der Waals surface area contributed by atoms with Gasteiger partial charge in [-0.15, -0.1) is 0 Å². The lowest BCUT2D eigenvalue weighted by molar-refractivity contribution is 0.102. The van der Waals surface area contributed by atoms with Gasteiger partial charge in [-0.1, -0.05) is 30.3 Å². The third kappa shape index (κ3) is 2.43. The Kier molecular flexibility index (Phi) is 3.28. The number of anilines is 1. The molecule has 104 valence electrons. The summed E-state index contributed by atoms with van der Waals surface area (Å²) in [4.78, 5) is 16.6. The molecule has 4 nitrogen and oxygen atoms in total. The van der Waals surface area contributed by atoms with Crippen molar-refractivity contribution in [1.29, 1.82) is 0 Å².